The Balaban J connectivity index is 1.87. The van der Waals surface area contributed by atoms with Gasteiger partial charge in [-0.2, -0.15) is 0 Å². The first-order chi connectivity index (χ1) is 7.77. The van der Waals surface area contributed by atoms with E-state index in [9.17, 15) is 5.11 Å². The van der Waals surface area contributed by atoms with Gasteiger partial charge in [-0.25, -0.2) is 0 Å². The van der Waals surface area contributed by atoms with Gasteiger partial charge in [-0.3, -0.25) is 0 Å². The first-order valence-electron chi connectivity index (χ1n) is 6.73. The van der Waals surface area contributed by atoms with Gasteiger partial charge in [0.2, 0.25) is 0 Å². The van der Waals surface area contributed by atoms with Crippen LogP contribution in [-0.4, -0.2) is 31.0 Å². The monoisotopic (exact) mass is 227 g/mol. The molecule has 0 bridgehead atoms. The number of aliphatic hydroxyl groups is 1. The van der Waals surface area contributed by atoms with Gasteiger partial charge in [0.25, 0.3) is 0 Å². The molecule has 0 radical (unpaired) electrons. The van der Waals surface area contributed by atoms with Crippen molar-refractivity contribution in [2.45, 2.75) is 51.0 Å². The zero-order chi connectivity index (χ0) is 11.4. The lowest BCUT2D eigenvalue weighted by atomic mass is 9.75. The van der Waals surface area contributed by atoms with Crippen LogP contribution >= 0.6 is 0 Å². The molecule has 0 amide bonds. The molecule has 2 rings (SSSR count). The lowest BCUT2D eigenvalue weighted by molar-refractivity contribution is 0.000765. The first kappa shape index (κ1) is 12.3. The predicted octanol–water partition coefficient (Wildman–Crippen LogP) is 1.68. The van der Waals surface area contributed by atoms with E-state index in [0.29, 0.717) is 19.1 Å². The molecule has 1 aliphatic heterocycles. The lowest BCUT2D eigenvalue weighted by Crippen LogP contribution is -2.43. The number of rotatable bonds is 4. The number of aliphatic hydroxyl groups excluding tert-OH is 1. The molecular formula is C13H25NO2. The van der Waals surface area contributed by atoms with Crippen molar-refractivity contribution in [3.8, 4) is 0 Å². The van der Waals surface area contributed by atoms with E-state index in [4.69, 9.17) is 10.5 Å². The van der Waals surface area contributed by atoms with Crippen LogP contribution in [0.2, 0.25) is 0 Å². The molecule has 1 saturated heterocycles. The van der Waals surface area contributed by atoms with Gasteiger partial charge in [-0.15, -0.1) is 0 Å². The number of hydrogen-bond donors (Lipinski definition) is 2. The van der Waals surface area contributed by atoms with Crippen LogP contribution in [0.25, 0.3) is 0 Å². The minimum absolute atomic E-state index is 0.141. The first-order valence-corrected chi connectivity index (χ1v) is 6.73. The molecule has 3 nitrogen and oxygen atoms in total. The summed E-state index contributed by atoms with van der Waals surface area (Å²) in [5.74, 6) is 0.716. The van der Waals surface area contributed by atoms with Crippen LogP contribution in [0.3, 0.4) is 0 Å². The van der Waals surface area contributed by atoms with Gasteiger partial charge in [-0.1, -0.05) is 32.1 Å². The molecule has 0 spiro atoms. The van der Waals surface area contributed by atoms with Crippen molar-refractivity contribution < 1.29 is 9.84 Å². The molecule has 2 unspecified atom stereocenters. The van der Waals surface area contributed by atoms with Gasteiger partial charge < -0.3 is 15.6 Å². The molecule has 1 aliphatic carbocycles. The third kappa shape index (κ3) is 2.58. The summed E-state index contributed by atoms with van der Waals surface area (Å²) in [5, 5.41) is 10.4. The third-order valence-electron chi connectivity index (χ3n) is 4.53. The summed E-state index contributed by atoms with van der Waals surface area (Å²) in [7, 11) is 0. The Hall–Kier alpha value is -0.120. The number of hydrogen-bond acceptors (Lipinski definition) is 3. The highest BCUT2D eigenvalue weighted by Gasteiger charge is 2.41. The fourth-order valence-electron chi connectivity index (χ4n) is 3.17. The second-order valence-corrected chi connectivity index (χ2v) is 5.62. The predicted molar refractivity (Wildman–Crippen MR) is 64.1 cm³/mol. The summed E-state index contributed by atoms with van der Waals surface area (Å²) < 4.78 is 5.42. The zero-order valence-corrected chi connectivity index (χ0v) is 10.2. The Kier molecular flexibility index (Phi) is 4.22. The molecule has 3 heteroatoms. The SMILES string of the molecule is NCC1(C(O)CC2CCCCC2)CCOC1. The van der Waals surface area contributed by atoms with Crippen LogP contribution in [0, 0.1) is 11.3 Å². The Morgan fingerprint density at radius 1 is 1.31 bits per heavy atom. The van der Waals surface area contributed by atoms with E-state index >= 15 is 0 Å². The molecule has 94 valence electrons. The van der Waals surface area contributed by atoms with Crippen LogP contribution < -0.4 is 5.73 Å². The largest absolute Gasteiger partial charge is 0.392 e. The van der Waals surface area contributed by atoms with Crippen molar-refractivity contribution in [1.82, 2.24) is 0 Å². The average molecular weight is 227 g/mol. The minimum Gasteiger partial charge on any atom is -0.392 e. The highest BCUT2D eigenvalue weighted by Crippen LogP contribution is 2.37. The van der Waals surface area contributed by atoms with Crippen molar-refractivity contribution in [3.05, 3.63) is 0 Å². The van der Waals surface area contributed by atoms with Crippen LogP contribution in [-0.2, 0) is 4.74 Å². The smallest absolute Gasteiger partial charge is 0.0634 e. The Bertz CT molecular complexity index is 208. The summed E-state index contributed by atoms with van der Waals surface area (Å²) in [5.41, 5.74) is 5.69. The van der Waals surface area contributed by atoms with Crippen LogP contribution in [0.1, 0.15) is 44.9 Å². The molecule has 1 saturated carbocycles. The Morgan fingerprint density at radius 3 is 2.62 bits per heavy atom. The number of nitrogens with two attached hydrogens (primary N) is 1. The molecule has 2 fully saturated rings. The van der Waals surface area contributed by atoms with Crippen molar-refractivity contribution in [2.24, 2.45) is 17.1 Å². The van der Waals surface area contributed by atoms with E-state index in [1.807, 2.05) is 0 Å². The van der Waals surface area contributed by atoms with Crippen molar-refractivity contribution in [2.75, 3.05) is 19.8 Å². The maximum atomic E-state index is 10.4. The summed E-state index contributed by atoms with van der Waals surface area (Å²) in [6.45, 7) is 1.97. The third-order valence-corrected chi connectivity index (χ3v) is 4.53. The fraction of sp³-hybridized carbons (Fsp3) is 1.00. The molecule has 0 aromatic carbocycles. The maximum absolute atomic E-state index is 10.4. The van der Waals surface area contributed by atoms with Crippen LogP contribution in [0.15, 0.2) is 0 Å². The molecule has 2 aliphatic rings. The topological polar surface area (TPSA) is 55.5 Å². The van der Waals surface area contributed by atoms with Gasteiger partial charge in [0, 0.05) is 18.6 Å². The van der Waals surface area contributed by atoms with Gasteiger partial charge >= 0.3 is 0 Å². The maximum Gasteiger partial charge on any atom is 0.0634 e. The summed E-state index contributed by atoms with van der Waals surface area (Å²) in [4.78, 5) is 0. The van der Waals surface area contributed by atoms with E-state index < -0.39 is 0 Å². The second kappa shape index (κ2) is 5.48. The standard InChI is InChI=1S/C13H25NO2/c14-9-13(6-7-16-10-13)12(15)8-11-4-2-1-3-5-11/h11-12,15H,1-10,14H2. The van der Waals surface area contributed by atoms with E-state index in [1.165, 1.54) is 32.1 Å². The number of ether oxygens (including phenoxy) is 1. The molecule has 16 heavy (non-hydrogen) atoms. The van der Waals surface area contributed by atoms with Crippen LogP contribution in [0.4, 0.5) is 0 Å². The van der Waals surface area contributed by atoms with E-state index in [1.54, 1.807) is 0 Å². The average Bonchev–Trinajstić information content (AvgIpc) is 2.80. The normalized spacial score (nSPS) is 34.1. The Morgan fingerprint density at radius 2 is 2.06 bits per heavy atom. The Labute approximate surface area is 98.4 Å². The van der Waals surface area contributed by atoms with Crippen molar-refractivity contribution in [3.63, 3.8) is 0 Å². The molecule has 0 aromatic rings. The lowest BCUT2D eigenvalue weighted by Gasteiger charge is -2.34. The van der Waals surface area contributed by atoms with E-state index in [0.717, 1.165) is 19.4 Å². The van der Waals surface area contributed by atoms with Crippen molar-refractivity contribution in [1.29, 1.82) is 0 Å². The molecule has 2 atom stereocenters. The molecular weight excluding hydrogens is 202 g/mol. The molecule has 0 aromatic heterocycles. The van der Waals surface area contributed by atoms with Gasteiger partial charge in [-0.05, 0) is 18.8 Å². The quantitative estimate of drug-likeness (QED) is 0.768. The van der Waals surface area contributed by atoms with E-state index in [-0.39, 0.29) is 11.5 Å². The van der Waals surface area contributed by atoms with Crippen molar-refractivity contribution >= 4 is 0 Å². The van der Waals surface area contributed by atoms with Gasteiger partial charge in [0.1, 0.15) is 0 Å². The summed E-state index contributed by atoms with van der Waals surface area (Å²) in [6.07, 6.45) is 8.22. The highest BCUT2D eigenvalue weighted by molar-refractivity contribution is 4.91. The van der Waals surface area contributed by atoms with Gasteiger partial charge in [0.15, 0.2) is 0 Å². The highest BCUT2D eigenvalue weighted by atomic mass is 16.5. The minimum atomic E-state index is -0.261. The molecule has 1 heterocycles. The van der Waals surface area contributed by atoms with Gasteiger partial charge in [0.05, 0.1) is 12.7 Å². The summed E-state index contributed by atoms with van der Waals surface area (Å²) >= 11 is 0. The summed E-state index contributed by atoms with van der Waals surface area (Å²) in [6, 6.07) is 0. The second-order valence-electron chi connectivity index (χ2n) is 5.62. The van der Waals surface area contributed by atoms with E-state index in [2.05, 4.69) is 0 Å². The van der Waals surface area contributed by atoms with Crippen LogP contribution in [0.5, 0.6) is 0 Å². The zero-order valence-electron chi connectivity index (χ0n) is 10.2. The fourth-order valence-corrected chi connectivity index (χ4v) is 3.17. The molecule has 3 N–H and O–H groups in total.